The van der Waals surface area contributed by atoms with Crippen LogP contribution in [0.25, 0.3) is 0 Å². The molecular formula is C9H8Cl3O. The van der Waals surface area contributed by atoms with Crippen LogP contribution in [0.5, 0.6) is 0 Å². The highest BCUT2D eigenvalue weighted by molar-refractivity contribution is 6.66. The zero-order valence-corrected chi connectivity index (χ0v) is 9.20. The highest BCUT2D eigenvalue weighted by atomic mass is 35.6. The van der Waals surface area contributed by atoms with Crippen molar-refractivity contribution in [1.82, 2.24) is 0 Å². The summed E-state index contributed by atoms with van der Waals surface area (Å²) in [7, 11) is 0. The van der Waals surface area contributed by atoms with Gasteiger partial charge in [-0.3, -0.25) is 0 Å². The molecule has 0 bridgehead atoms. The fourth-order valence-electron chi connectivity index (χ4n) is 1.11. The van der Waals surface area contributed by atoms with Crippen LogP contribution < -0.4 is 0 Å². The molecule has 0 aromatic heterocycles. The fraction of sp³-hybridized carbons (Fsp3) is 0.333. The molecule has 1 aromatic carbocycles. The molecule has 71 valence electrons. The number of halogens is 3. The van der Waals surface area contributed by atoms with E-state index >= 15 is 0 Å². The normalized spacial score (nSPS) is 14.2. The van der Waals surface area contributed by atoms with E-state index in [2.05, 4.69) is 0 Å². The maximum Gasteiger partial charge on any atom is 0.216 e. The maximum atomic E-state index is 11.2. The van der Waals surface area contributed by atoms with Crippen molar-refractivity contribution in [3.63, 3.8) is 0 Å². The van der Waals surface area contributed by atoms with E-state index in [4.69, 9.17) is 34.8 Å². The third-order valence-corrected chi connectivity index (χ3v) is 2.31. The summed E-state index contributed by atoms with van der Waals surface area (Å²) in [6.07, 6.45) is -0.883. The molecule has 0 amide bonds. The standard InChI is InChI=1S/C9H8Cl3O/c1-6(13)7-4-2-3-5-8(7)9(10,11)12/h2-6H,1H3. The minimum atomic E-state index is -1.52. The van der Waals surface area contributed by atoms with Gasteiger partial charge >= 0.3 is 0 Å². The SMILES string of the molecule is CC([O])c1ccccc1C(Cl)(Cl)Cl. The number of alkyl halides is 3. The Labute approximate surface area is 92.2 Å². The Balaban J connectivity index is 3.20. The molecule has 0 aliphatic heterocycles. The van der Waals surface area contributed by atoms with E-state index in [0.29, 0.717) is 11.1 Å². The summed E-state index contributed by atoms with van der Waals surface area (Å²) in [5.41, 5.74) is 0.991. The number of benzene rings is 1. The lowest BCUT2D eigenvalue weighted by Gasteiger charge is -2.16. The topological polar surface area (TPSA) is 19.9 Å². The van der Waals surface area contributed by atoms with Crippen molar-refractivity contribution in [2.24, 2.45) is 0 Å². The molecule has 0 heterocycles. The molecule has 1 rings (SSSR count). The van der Waals surface area contributed by atoms with Crippen LogP contribution in [0.3, 0.4) is 0 Å². The average molecular weight is 239 g/mol. The molecule has 0 spiro atoms. The first kappa shape index (κ1) is 11.1. The Bertz CT molecular complexity index is 291. The van der Waals surface area contributed by atoms with Crippen LogP contribution in [-0.2, 0) is 8.90 Å². The lowest BCUT2D eigenvalue weighted by molar-refractivity contribution is 0.105. The zero-order valence-electron chi connectivity index (χ0n) is 6.93. The lowest BCUT2D eigenvalue weighted by atomic mass is 10.0. The average Bonchev–Trinajstić information content (AvgIpc) is 2.03. The van der Waals surface area contributed by atoms with Gasteiger partial charge in [0, 0.05) is 5.56 Å². The van der Waals surface area contributed by atoms with E-state index in [9.17, 15) is 5.11 Å². The third kappa shape index (κ3) is 2.75. The second-order valence-corrected chi connectivity index (χ2v) is 5.01. The molecule has 1 unspecified atom stereocenters. The molecule has 1 nitrogen and oxygen atoms in total. The smallest absolute Gasteiger partial charge is 0.216 e. The second-order valence-electron chi connectivity index (χ2n) is 2.73. The quantitative estimate of drug-likeness (QED) is 0.659. The van der Waals surface area contributed by atoms with Crippen LogP contribution >= 0.6 is 34.8 Å². The summed E-state index contributed by atoms with van der Waals surface area (Å²) in [5, 5.41) is 11.2. The van der Waals surface area contributed by atoms with Gasteiger partial charge in [-0.2, -0.15) is 0 Å². The van der Waals surface area contributed by atoms with Gasteiger partial charge in [-0.15, -0.1) is 0 Å². The van der Waals surface area contributed by atoms with Crippen LogP contribution in [0.4, 0.5) is 0 Å². The fourth-order valence-corrected chi connectivity index (χ4v) is 1.63. The molecule has 1 aromatic rings. The number of hydrogen-bond donors (Lipinski definition) is 0. The largest absolute Gasteiger partial charge is 0.228 e. The van der Waals surface area contributed by atoms with Crippen molar-refractivity contribution in [2.75, 3.05) is 0 Å². The van der Waals surface area contributed by atoms with E-state index in [-0.39, 0.29) is 0 Å². The molecule has 0 fully saturated rings. The zero-order chi connectivity index (χ0) is 10.1. The highest BCUT2D eigenvalue weighted by Gasteiger charge is 2.27. The summed E-state index contributed by atoms with van der Waals surface area (Å²) >= 11 is 17.1. The molecule has 4 heteroatoms. The van der Waals surface area contributed by atoms with Gasteiger partial charge in [0.25, 0.3) is 0 Å². The Hall–Kier alpha value is 0.0500. The first-order valence-electron chi connectivity index (χ1n) is 3.75. The molecule has 1 atom stereocenters. The van der Waals surface area contributed by atoms with Gasteiger partial charge in [0.05, 0.1) is 0 Å². The maximum absolute atomic E-state index is 11.2. The van der Waals surface area contributed by atoms with Crippen molar-refractivity contribution < 1.29 is 5.11 Å². The summed E-state index contributed by atoms with van der Waals surface area (Å²) in [6, 6.07) is 6.82. The Kier molecular flexibility index (Phi) is 3.47. The number of hydrogen-bond acceptors (Lipinski definition) is 0. The van der Waals surface area contributed by atoms with E-state index in [1.165, 1.54) is 6.92 Å². The molecule has 0 saturated heterocycles. The Morgan fingerprint density at radius 2 is 1.77 bits per heavy atom. The van der Waals surface area contributed by atoms with Crippen LogP contribution in [0.15, 0.2) is 24.3 Å². The molecule has 0 aliphatic carbocycles. The van der Waals surface area contributed by atoms with Crippen LogP contribution in [0.1, 0.15) is 24.2 Å². The summed E-state index contributed by atoms with van der Waals surface area (Å²) in [5.74, 6) is 0. The van der Waals surface area contributed by atoms with E-state index in [1.54, 1.807) is 24.3 Å². The molecule has 0 N–H and O–H groups in total. The van der Waals surface area contributed by atoms with Gasteiger partial charge in [0.15, 0.2) is 0 Å². The summed E-state index contributed by atoms with van der Waals surface area (Å²) < 4.78 is -1.52. The minimum absolute atomic E-state index is 0.461. The van der Waals surface area contributed by atoms with Crippen molar-refractivity contribution in [2.45, 2.75) is 16.8 Å². The Morgan fingerprint density at radius 1 is 1.23 bits per heavy atom. The van der Waals surface area contributed by atoms with Gasteiger partial charge < -0.3 is 0 Å². The first-order chi connectivity index (χ1) is 5.93. The third-order valence-electron chi connectivity index (χ3n) is 1.70. The van der Waals surface area contributed by atoms with Gasteiger partial charge in [0.2, 0.25) is 3.79 Å². The Morgan fingerprint density at radius 3 is 2.15 bits per heavy atom. The molecule has 0 saturated carbocycles. The highest BCUT2D eigenvalue weighted by Crippen LogP contribution is 2.41. The van der Waals surface area contributed by atoms with Crippen molar-refractivity contribution in [3.05, 3.63) is 35.4 Å². The molecule has 0 aliphatic rings. The molecule has 13 heavy (non-hydrogen) atoms. The molecule has 1 radical (unpaired) electrons. The van der Waals surface area contributed by atoms with Crippen LogP contribution in [0.2, 0.25) is 0 Å². The van der Waals surface area contributed by atoms with E-state index in [1.807, 2.05) is 0 Å². The van der Waals surface area contributed by atoms with Gasteiger partial charge in [0.1, 0.15) is 6.10 Å². The van der Waals surface area contributed by atoms with Crippen molar-refractivity contribution >= 4 is 34.8 Å². The predicted octanol–water partition coefficient (Wildman–Crippen LogP) is 4.00. The van der Waals surface area contributed by atoms with Crippen molar-refractivity contribution in [1.29, 1.82) is 0 Å². The monoisotopic (exact) mass is 237 g/mol. The van der Waals surface area contributed by atoms with E-state index in [0.717, 1.165) is 0 Å². The predicted molar refractivity (Wildman–Crippen MR) is 54.8 cm³/mol. The second kappa shape index (κ2) is 4.05. The van der Waals surface area contributed by atoms with Gasteiger partial charge in [-0.05, 0) is 12.5 Å². The lowest BCUT2D eigenvalue weighted by Crippen LogP contribution is -2.06. The van der Waals surface area contributed by atoms with E-state index < -0.39 is 9.90 Å². The van der Waals surface area contributed by atoms with Gasteiger partial charge in [-0.1, -0.05) is 59.1 Å². The first-order valence-corrected chi connectivity index (χ1v) is 4.88. The van der Waals surface area contributed by atoms with Gasteiger partial charge in [-0.25, -0.2) is 5.11 Å². The van der Waals surface area contributed by atoms with Crippen LogP contribution in [-0.4, -0.2) is 0 Å². The van der Waals surface area contributed by atoms with Crippen molar-refractivity contribution in [3.8, 4) is 0 Å². The summed E-state index contributed by atoms with van der Waals surface area (Å²) in [4.78, 5) is 0. The summed E-state index contributed by atoms with van der Waals surface area (Å²) in [6.45, 7) is 1.52. The molecular weight excluding hydrogens is 230 g/mol. The van der Waals surface area contributed by atoms with Crippen LogP contribution in [0, 0.1) is 0 Å². The minimum Gasteiger partial charge on any atom is -0.228 e. The number of rotatable bonds is 1.